The predicted octanol–water partition coefficient (Wildman–Crippen LogP) is 3.87. The SMILES string of the molecule is CSc1nc(C)c(CCC(=O)NCc2ccc(-n3nc(C)cc3C)cc2C(F)(F)F)c(=O)[nH]1. The number of alkyl halides is 3. The first-order valence-electron chi connectivity index (χ1n) is 10.1. The molecule has 0 unspecified atom stereocenters. The second-order valence-corrected chi connectivity index (χ2v) is 8.39. The van der Waals surface area contributed by atoms with Gasteiger partial charge in [-0.05, 0) is 57.2 Å². The number of hydrogen-bond acceptors (Lipinski definition) is 5. The van der Waals surface area contributed by atoms with Gasteiger partial charge in [-0.1, -0.05) is 17.8 Å². The van der Waals surface area contributed by atoms with Gasteiger partial charge in [-0.3, -0.25) is 9.59 Å². The maximum absolute atomic E-state index is 13.7. The molecule has 2 heterocycles. The Kier molecular flexibility index (Phi) is 7.31. The van der Waals surface area contributed by atoms with Crippen LogP contribution in [-0.4, -0.2) is 31.9 Å². The summed E-state index contributed by atoms with van der Waals surface area (Å²) in [6.45, 7) is 4.92. The number of aromatic amines is 1. The molecule has 0 spiro atoms. The maximum atomic E-state index is 13.7. The van der Waals surface area contributed by atoms with Crippen molar-refractivity contribution in [2.75, 3.05) is 6.26 Å². The first-order valence-corrected chi connectivity index (χ1v) is 11.4. The predicted molar refractivity (Wildman–Crippen MR) is 120 cm³/mol. The summed E-state index contributed by atoms with van der Waals surface area (Å²) in [6, 6.07) is 5.69. The van der Waals surface area contributed by atoms with Crippen molar-refractivity contribution in [3.05, 3.63) is 68.4 Å². The van der Waals surface area contributed by atoms with E-state index in [1.807, 2.05) is 0 Å². The van der Waals surface area contributed by atoms with Crippen LogP contribution in [0.2, 0.25) is 0 Å². The summed E-state index contributed by atoms with van der Waals surface area (Å²) in [6.07, 6.45) is -2.72. The van der Waals surface area contributed by atoms with Crippen LogP contribution in [0.15, 0.2) is 34.2 Å². The molecule has 33 heavy (non-hydrogen) atoms. The molecule has 2 aromatic heterocycles. The topological polar surface area (TPSA) is 92.7 Å². The van der Waals surface area contributed by atoms with Gasteiger partial charge in [0.25, 0.3) is 5.56 Å². The van der Waals surface area contributed by atoms with Crippen LogP contribution in [0.3, 0.4) is 0 Å². The van der Waals surface area contributed by atoms with Gasteiger partial charge in [-0.25, -0.2) is 9.67 Å². The molecule has 0 aliphatic heterocycles. The average molecular weight is 480 g/mol. The molecule has 0 atom stereocenters. The summed E-state index contributed by atoms with van der Waals surface area (Å²) in [4.78, 5) is 31.3. The maximum Gasteiger partial charge on any atom is 0.416 e. The van der Waals surface area contributed by atoms with E-state index < -0.39 is 17.6 Å². The summed E-state index contributed by atoms with van der Waals surface area (Å²) in [7, 11) is 0. The molecule has 3 aromatic rings. The largest absolute Gasteiger partial charge is 0.416 e. The van der Waals surface area contributed by atoms with E-state index in [0.29, 0.717) is 33.5 Å². The molecule has 0 bridgehead atoms. The zero-order valence-electron chi connectivity index (χ0n) is 18.6. The van der Waals surface area contributed by atoms with Crippen molar-refractivity contribution in [3.8, 4) is 5.69 Å². The molecule has 0 aliphatic rings. The molecule has 1 aromatic carbocycles. The van der Waals surface area contributed by atoms with Crippen LogP contribution in [0.5, 0.6) is 0 Å². The molecule has 0 fully saturated rings. The van der Waals surface area contributed by atoms with E-state index in [1.165, 1.54) is 28.6 Å². The smallest absolute Gasteiger partial charge is 0.352 e. The fourth-order valence-electron chi connectivity index (χ4n) is 3.50. The number of carbonyl (C=O) groups excluding carboxylic acids is 1. The molecule has 176 valence electrons. The normalized spacial score (nSPS) is 11.6. The van der Waals surface area contributed by atoms with Crippen molar-refractivity contribution in [3.63, 3.8) is 0 Å². The molecule has 1 amide bonds. The third-order valence-corrected chi connectivity index (χ3v) is 5.71. The molecule has 11 heteroatoms. The monoisotopic (exact) mass is 479 g/mol. The number of carbonyl (C=O) groups is 1. The lowest BCUT2D eigenvalue weighted by atomic mass is 10.1. The highest BCUT2D eigenvalue weighted by molar-refractivity contribution is 7.98. The molecule has 7 nitrogen and oxygen atoms in total. The molecule has 3 rings (SSSR count). The lowest BCUT2D eigenvalue weighted by molar-refractivity contribution is -0.138. The number of nitrogens with zero attached hydrogens (tertiary/aromatic N) is 3. The van der Waals surface area contributed by atoms with Crippen molar-refractivity contribution in [1.29, 1.82) is 0 Å². The minimum Gasteiger partial charge on any atom is -0.352 e. The van der Waals surface area contributed by atoms with Crippen molar-refractivity contribution in [2.45, 2.75) is 51.5 Å². The zero-order chi connectivity index (χ0) is 24.3. The Hall–Kier alpha value is -3.08. The van der Waals surface area contributed by atoms with Crippen LogP contribution in [-0.2, 0) is 23.9 Å². The van der Waals surface area contributed by atoms with Crippen LogP contribution >= 0.6 is 11.8 Å². The number of amides is 1. The number of hydrogen-bond donors (Lipinski definition) is 2. The molecule has 0 aliphatic carbocycles. The fourth-order valence-corrected chi connectivity index (χ4v) is 3.92. The van der Waals surface area contributed by atoms with Crippen LogP contribution in [0.25, 0.3) is 5.69 Å². The number of benzene rings is 1. The fraction of sp³-hybridized carbons (Fsp3) is 0.364. The highest BCUT2D eigenvalue weighted by atomic mass is 32.2. The second-order valence-electron chi connectivity index (χ2n) is 7.59. The quantitative estimate of drug-likeness (QED) is 0.397. The summed E-state index contributed by atoms with van der Waals surface area (Å²) in [5.74, 6) is -0.460. The van der Waals surface area contributed by atoms with E-state index in [4.69, 9.17) is 0 Å². The first-order chi connectivity index (χ1) is 15.5. The van der Waals surface area contributed by atoms with Crippen LogP contribution in [0.1, 0.15) is 40.2 Å². The molecule has 2 N–H and O–H groups in total. The summed E-state index contributed by atoms with van der Waals surface area (Å²) < 4.78 is 42.6. The van der Waals surface area contributed by atoms with Crippen molar-refractivity contribution in [2.24, 2.45) is 0 Å². The van der Waals surface area contributed by atoms with E-state index in [0.717, 1.165) is 6.07 Å². The molecule has 0 radical (unpaired) electrons. The average Bonchev–Trinajstić information content (AvgIpc) is 3.08. The number of rotatable bonds is 7. The number of nitrogens with one attached hydrogen (secondary N) is 2. The Labute approximate surface area is 192 Å². The highest BCUT2D eigenvalue weighted by Gasteiger charge is 2.34. The Morgan fingerprint density at radius 2 is 1.94 bits per heavy atom. The van der Waals surface area contributed by atoms with E-state index in [-0.39, 0.29) is 30.5 Å². The van der Waals surface area contributed by atoms with Crippen molar-refractivity contribution < 1.29 is 18.0 Å². The summed E-state index contributed by atoms with van der Waals surface area (Å²) >= 11 is 1.30. The molecular formula is C22H24F3N5O2S. The van der Waals surface area contributed by atoms with Gasteiger partial charge in [0.1, 0.15) is 0 Å². The van der Waals surface area contributed by atoms with E-state index in [9.17, 15) is 22.8 Å². The van der Waals surface area contributed by atoms with Gasteiger partial charge in [0.15, 0.2) is 5.16 Å². The number of aryl methyl sites for hydroxylation is 3. The molecule has 0 saturated heterocycles. The number of H-pyrrole nitrogens is 1. The van der Waals surface area contributed by atoms with Gasteiger partial charge in [-0.15, -0.1) is 0 Å². The Morgan fingerprint density at radius 3 is 2.52 bits per heavy atom. The third-order valence-electron chi connectivity index (χ3n) is 5.12. The van der Waals surface area contributed by atoms with Crippen molar-refractivity contribution in [1.82, 2.24) is 25.1 Å². The van der Waals surface area contributed by atoms with Crippen LogP contribution < -0.4 is 10.9 Å². The Morgan fingerprint density at radius 1 is 1.21 bits per heavy atom. The highest BCUT2D eigenvalue weighted by Crippen LogP contribution is 2.33. The minimum atomic E-state index is -4.60. The Balaban J connectivity index is 1.72. The van der Waals surface area contributed by atoms with Gasteiger partial charge in [0.05, 0.1) is 16.9 Å². The lowest BCUT2D eigenvalue weighted by Gasteiger charge is -2.16. The molecular weight excluding hydrogens is 455 g/mol. The second kappa shape index (κ2) is 9.82. The van der Waals surface area contributed by atoms with E-state index in [2.05, 4.69) is 20.4 Å². The van der Waals surface area contributed by atoms with Crippen molar-refractivity contribution >= 4 is 17.7 Å². The third kappa shape index (κ3) is 5.84. The number of halogens is 3. The standard InChI is InChI=1S/C22H24F3N5O2S/c1-12-9-13(2)30(29-12)16-6-5-15(18(10-16)22(23,24)25)11-26-19(31)8-7-17-14(3)27-21(33-4)28-20(17)32/h5-6,9-10H,7-8,11H2,1-4H3,(H,26,31)(H,27,28,32). The first kappa shape index (κ1) is 24.6. The number of thioether (sulfide) groups is 1. The van der Waals surface area contributed by atoms with Gasteiger partial charge in [-0.2, -0.15) is 18.3 Å². The lowest BCUT2D eigenvalue weighted by Crippen LogP contribution is -2.26. The van der Waals surface area contributed by atoms with Crippen LogP contribution in [0, 0.1) is 20.8 Å². The minimum absolute atomic E-state index is 0.0462. The van der Waals surface area contributed by atoms with Gasteiger partial charge < -0.3 is 10.3 Å². The number of aromatic nitrogens is 4. The summed E-state index contributed by atoms with van der Waals surface area (Å²) in [5.41, 5.74) is 1.40. The Bertz CT molecular complexity index is 1230. The van der Waals surface area contributed by atoms with Gasteiger partial charge in [0, 0.05) is 29.9 Å². The van der Waals surface area contributed by atoms with E-state index >= 15 is 0 Å². The zero-order valence-corrected chi connectivity index (χ0v) is 19.4. The van der Waals surface area contributed by atoms with Gasteiger partial charge in [0.2, 0.25) is 5.91 Å². The van der Waals surface area contributed by atoms with Gasteiger partial charge >= 0.3 is 6.18 Å². The van der Waals surface area contributed by atoms with Crippen LogP contribution in [0.4, 0.5) is 13.2 Å². The van der Waals surface area contributed by atoms with E-state index in [1.54, 1.807) is 33.1 Å². The molecule has 0 saturated carbocycles. The summed E-state index contributed by atoms with van der Waals surface area (Å²) in [5, 5.41) is 7.23.